The Hall–Kier alpha value is -1.91. The fraction of sp³-hybridized carbons (Fsp3) is 0.588. The number of pyridine rings is 1. The molecular weight excluding hydrogens is 276 g/mol. The summed E-state index contributed by atoms with van der Waals surface area (Å²) in [4.78, 5) is 16.6. The molecule has 120 valence electrons. The predicted molar refractivity (Wildman–Crippen MR) is 89.0 cm³/mol. The highest BCUT2D eigenvalue weighted by molar-refractivity contribution is 5.81. The summed E-state index contributed by atoms with van der Waals surface area (Å²) in [5, 5.41) is 8.46. The second kappa shape index (κ2) is 6.46. The minimum absolute atomic E-state index is 0.0896. The summed E-state index contributed by atoms with van der Waals surface area (Å²) in [5.41, 5.74) is 4.27. The molecule has 0 aliphatic rings. The van der Waals surface area contributed by atoms with E-state index in [1.165, 1.54) is 5.56 Å². The van der Waals surface area contributed by atoms with Gasteiger partial charge in [0.1, 0.15) is 0 Å². The van der Waals surface area contributed by atoms with Gasteiger partial charge in [0.15, 0.2) is 5.65 Å². The van der Waals surface area contributed by atoms with Crippen LogP contribution < -0.4 is 5.32 Å². The van der Waals surface area contributed by atoms with E-state index in [9.17, 15) is 4.79 Å². The Morgan fingerprint density at radius 2 is 1.95 bits per heavy atom. The standard InChI is InChI=1S/C17H26N4O/c1-10(2)19-16(22)8-7-14-12(5)15-9-18-21(11(3)4)17(15)20-13(14)6/h9-11H,7-8H2,1-6H3,(H,19,22). The lowest BCUT2D eigenvalue weighted by molar-refractivity contribution is -0.121. The molecule has 0 aliphatic carbocycles. The van der Waals surface area contributed by atoms with Crippen LogP contribution in [0, 0.1) is 13.8 Å². The number of aryl methyl sites for hydroxylation is 2. The van der Waals surface area contributed by atoms with Gasteiger partial charge in [-0.1, -0.05) is 0 Å². The molecule has 0 aliphatic heterocycles. The molecule has 2 rings (SSSR count). The van der Waals surface area contributed by atoms with E-state index < -0.39 is 0 Å². The normalized spacial score (nSPS) is 11.6. The van der Waals surface area contributed by atoms with E-state index in [0.717, 1.165) is 22.3 Å². The maximum absolute atomic E-state index is 11.9. The molecule has 1 N–H and O–H groups in total. The molecule has 5 heteroatoms. The van der Waals surface area contributed by atoms with Crippen LogP contribution in [0.2, 0.25) is 0 Å². The second-order valence-corrected chi connectivity index (χ2v) is 6.44. The first-order valence-electron chi connectivity index (χ1n) is 7.94. The van der Waals surface area contributed by atoms with Crippen LogP contribution in [0.3, 0.4) is 0 Å². The monoisotopic (exact) mass is 302 g/mol. The SMILES string of the molecule is Cc1nc2c(cnn2C(C)C)c(C)c1CCC(=O)NC(C)C. The lowest BCUT2D eigenvalue weighted by Crippen LogP contribution is -2.30. The van der Waals surface area contributed by atoms with Gasteiger partial charge >= 0.3 is 0 Å². The van der Waals surface area contributed by atoms with Gasteiger partial charge in [-0.3, -0.25) is 4.79 Å². The molecule has 0 spiro atoms. The summed E-state index contributed by atoms with van der Waals surface area (Å²) in [5.74, 6) is 0.0896. The molecule has 0 aromatic carbocycles. The average Bonchev–Trinajstić information content (AvgIpc) is 2.81. The van der Waals surface area contributed by atoms with Crippen molar-refractivity contribution in [3.05, 3.63) is 23.0 Å². The van der Waals surface area contributed by atoms with Crippen molar-refractivity contribution in [3.8, 4) is 0 Å². The van der Waals surface area contributed by atoms with Gasteiger partial charge in [-0.15, -0.1) is 0 Å². The van der Waals surface area contributed by atoms with Crippen LogP contribution in [0.4, 0.5) is 0 Å². The topological polar surface area (TPSA) is 59.8 Å². The highest BCUT2D eigenvalue weighted by Crippen LogP contribution is 2.25. The van der Waals surface area contributed by atoms with E-state index in [1.807, 2.05) is 31.6 Å². The van der Waals surface area contributed by atoms with Gasteiger partial charge in [-0.05, 0) is 59.1 Å². The highest BCUT2D eigenvalue weighted by atomic mass is 16.1. The van der Waals surface area contributed by atoms with Crippen LogP contribution in [0.5, 0.6) is 0 Å². The summed E-state index contributed by atoms with van der Waals surface area (Å²) in [6, 6.07) is 0.464. The molecule has 0 atom stereocenters. The molecule has 2 aromatic heterocycles. The number of nitrogens with zero attached hydrogens (tertiary/aromatic N) is 3. The average molecular weight is 302 g/mol. The van der Waals surface area contributed by atoms with Crippen LogP contribution >= 0.6 is 0 Å². The van der Waals surface area contributed by atoms with Gasteiger partial charge in [0, 0.05) is 29.6 Å². The number of hydrogen-bond donors (Lipinski definition) is 1. The minimum Gasteiger partial charge on any atom is -0.354 e. The summed E-state index contributed by atoms with van der Waals surface area (Å²) in [6.07, 6.45) is 3.09. The maximum Gasteiger partial charge on any atom is 0.220 e. The summed E-state index contributed by atoms with van der Waals surface area (Å²) in [6.45, 7) is 12.3. The Bertz CT molecular complexity index is 686. The van der Waals surface area contributed by atoms with E-state index in [-0.39, 0.29) is 18.0 Å². The molecule has 22 heavy (non-hydrogen) atoms. The van der Waals surface area contributed by atoms with Crippen molar-refractivity contribution >= 4 is 16.9 Å². The predicted octanol–water partition coefficient (Wildman–Crippen LogP) is 3.09. The van der Waals surface area contributed by atoms with E-state index in [2.05, 4.69) is 31.2 Å². The van der Waals surface area contributed by atoms with Crippen molar-refractivity contribution in [3.63, 3.8) is 0 Å². The summed E-state index contributed by atoms with van der Waals surface area (Å²) in [7, 11) is 0. The zero-order valence-electron chi connectivity index (χ0n) is 14.4. The third-order valence-corrected chi connectivity index (χ3v) is 3.88. The lowest BCUT2D eigenvalue weighted by atomic mass is 10.0. The van der Waals surface area contributed by atoms with Gasteiger partial charge in [0.25, 0.3) is 0 Å². The Balaban J connectivity index is 2.30. The van der Waals surface area contributed by atoms with Gasteiger partial charge in [-0.2, -0.15) is 5.10 Å². The van der Waals surface area contributed by atoms with Crippen LogP contribution in [-0.4, -0.2) is 26.7 Å². The fourth-order valence-electron chi connectivity index (χ4n) is 2.77. The van der Waals surface area contributed by atoms with E-state index >= 15 is 0 Å². The number of amides is 1. The number of fused-ring (bicyclic) bond motifs is 1. The van der Waals surface area contributed by atoms with Crippen LogP contribution in [0.15, 0.2) is 6.20 Å². The molecule has 2 heterocycles. The molecule has 0 bridgehead atoms. The van der Waals surface area contributed by atoms with Crippen LogP contribution in [-0.2, 0) is 11.2 Å². The first-order valence-corrected chi connectivity index (χ1v) is 7.94. The van der Waals surface area contributed by atoms with Crippen LogP contribution in [0.25, 0.3) is 11.0 Å². The minimum atomic E-state index is 0.0896. The number of carbonyl (C=O) groups is 1. The Morgan fingerprint density at radius 1 is 1.27 bits per heavy atom. The molecule has 5 nitrogen and oxygen atoms in total. The second-order valence-electron chi connectivity index (χ2n) is 6.44. The van der Waals surface area contributed by atoms with E-state index in [0.29, 0.717) is 12.8 Å². The van der Waals surface area contributed by atoms with Gasteiger partial charge < -0.3 is 5.32 Å². The molecule has 2 aromatic rings. The third-order valence-electron chi connectivity index (χ3n) is 3.88. The molecule has 0 radical (unpaired) electrons. The van der Waals surface area contributed by atoms with Crippen molar-refractivity contribution in [2.45, 2.75) is 66.5 Å². The van der Waals surface area contributed by atoms with Crippen molar-refractivity contribution in [1.29, 1.82) is 0 Å². The first-order chi connectivity index (χ1) is 10.3. The van der Waals surface area contributed by atoms with Crippen molar-refractivity contribution in [1.82, 2.24) is 20.1 Å². The van der Waals surface area contributed by atoms with Crippen molar-refractivity contribution < 1.29 is 4.79 Å². The molecule has 0 fully saturated rings. The molecule has 0 saturated carbocycles. The number of nitrogens with one attached hydrogen (secondary N) is 1. The van der Waals surface area contributed by atoms with Crippen molar-refractivity contribution in [2.24, 2.45) is 0 Å². The molecule has 0 unspecified atom stereocenters. The molecule has 0 saturated heterocycles. The van der Waals surface area contributed by atoms with E-state index in [1.54, 1.807) is 0 Å². The number of aromatic nitrogens is 3. The maximum atomic E-state index is 11.9. The molecule has 1 amide bonds. The Morgan fingerprint density at radius 3 is 2.55 bits per heavy atom. The quantitative estimate of drug-likeness (QED) is 0.923. The zero-order chi connectivity index (χ0) is 16.4. The summed E-state index contributed by atoms with van der Waals surface area (Å²) < 4.78 is 1.95. The fourth-order valence-corrected chi connectivity index (χ4v) is 2.77. The molecular formula is C17H26N4O. The van der Waals surface area contributed by atoms with Gasteiger partial charge in [-0.25, -0.2) is 9.67 Å². The van der Waals surface area contributed by atoms with Crippen LogP contribution in [0.1, 0.15) is 57.0 Å². The van der Waals surface area contributed by atoms with Gasteiger partial charge in [0.05, 0.1) is 6.20 Å². The Labute approximate surface area is 132 Å². The number of hydrogen-bond acceptors (Lipinski definition) is 3. The highest BCUT2D eigenvalue weighted by Gasteiger charge is 2.15. The third kappa shape index (κ3) is 3.29. The van der Waals surface area contributed by atoms with Crippen molar-refractivity contribution in [2.75, 3.05) is 0 Å². The van der Waals surface area contributed by atoms with Gasteiger partial charge in [0.2, 0.25) is 5.91 Å². The Kier molecular flexibility index (Phi) is 4.84. The first kappa shape index (κ1) is 16.5. The summed E-state index contributed by atoms with van der Waals surface area (Å²) >= 11 is 0. The zero-order valence-corrected chi connectivity index (χ0v) is 14.4. The largest absolute Gasteiger partial charge is 0.354 e. The number of rotatable bonds is 5. The number of carbonyl (C=O) groups excluding carboxylic acids is 1. The smallest absolute Gasteiger partial charge is 0.220 e. The van der Waals surface area contributed by atoms with E-state index in [4.69, 9.17) is 4.98 Å². The lowest BCUT2D eigenvalue weighted by Gasteiger charge is -2.13.